The van der Waals surface area contributed by atoms with Crippen LogP contribution in [-0.2, 0) is 17.1 Å². The highest BCUT2D eigenvalue weighted by Crippen LogP contribution is 2.14. The van der Waals surface area contributed by atoms with Crippen molar-refractivity contribution in [3.8, 4) is 0 Å². The van der Waals surface area contributed by atoms with Crippen LogP contribution in [0.1, 0.15) is 5.82 Å². The summed E-state index contributed by atoms with van der Waals surface area (Å²) in [5.41, 5.74) is 0. The summed E-state index contributed by atoms with van der Waals surface area (Å²) in [7, 11) is -1.85. The van der Waals surface area contributed by atoms with Crippen LogP contribution < -0.4 is 0 Å². The second-order valence-electron chi connectivity index (χ2n) is 3.52. The molecule has 0 atom stereocenters. The molecule has 0 spiro atoms. The Labute approximate surface area is 111 Å². The van der Waals surface area contributed by atoms with Gasteiger partial charge in [0.25, 0.3) is 10.0 Å². The van der Waals surface area contributed by atoms with Gasteiger partial charge >= 0.3 is 0 Å². The first-order valence-electron chi connectivity index (χ1n) is 5.05. The molecule has 0 bridgehead atoms. The summed E-state index contributed by atoms with van der Waals surface area (Å²) in [6.45, 7) is 2.20. The molecule has 0 aliphatic carbocycles. The summed E-state index contributed by atoms with van der Waals surface area (Å²) in [5.74, 6) is 1.09. The molecule has 0 unspecified atom stereocenters. The Bertz CT molecular complexity index is 447. The fraction of sp³-hybridized carbons (Fsp3) is 0.667. The molecule has 98 valence electrons. The maximum atomic E-state index is 12.2. The van der Waals surface area contributed by atoms with Crippen molar-refractivity contribution < 1.29 is 8.42 Å². The SMILES string of the molecule is Cc1nc(S(=O)(=O)N(CCCl)CCCl)cn1C. The molecule has 1 aromatic heterocycles. The maximum absolute atomic E-state index is 12.2. The molecule has 0 saturated carbocycles. The number of hydrogen-bond donors (Lipinski definition) is 0. The van der Waals surface area contributed by atoms with Gasteiger partial charge in [-0.2, -0.15) is 4.31 Å². The molecule has 17 heavy (non-hydrogen) atoms. The number of imidazole rings is 1. The van der Waals surface area contributed by atoms with Crippen molar-refractivity contribution in [1.29, 1.82) is 0 Å². The molecule has 1 heterocycles. The molecule has 0 saturated heterocycles. The Balaban J connectivity index is 3.06. The number of nitrogens with zero attached hydrogens (tertiary/aromatic N) is 3. The summed E-state index contributed by atoms with van der Waals surface area (Å²) < 4.78 is 27.3. The lowest BCUT2D eigenvalue weighted by molar-refractivity contribution is 0.446. The van der Waals surface area contributed by atoms with Crippen molar-refractivity contribution in [3.63, 3.8) is 0 Å². The van der Waals surface area contributed by atoms with E-state index in [9.17, 15) is 8.42 Å². The number of rotatable bonds is 6. The predicted molar refractivity (Wildman–Crippen MR) is 68.1 cm³/mol. The van der Waals surface area contributed by atoms with E-state index in [-0.39, 0.29) is 29.9 Å². The van der Waals surface area contributed by atoms with Crippen LogP contribution in [0.15, 0.2) is 11.2 Å². The second-order valence-corrected chi connectivity index (χ2v) is 6.16. The maximum Gasteiger partial charge on any atom is 0.262 e. The van der Waals surface area contributed by atoms with Crippen molar-refractivity contribution >= 4 is 33.2 Å². The van der Waals surface area contributed by atoms with Crippen LogP contribution in [0, 0.1) is 6.92 Å². The average molecular weight is 300 g/mol. The van der Waals surface area contributed by atoms with E-state index >= 15 is 0 Å². The van der Waals surface area contributed by atoms with Crippen molar-refractivity contribution in [2.24, 2.45) is 7.05 Å². The van der Waals surface area contributed by atoms with Crippen LogP contribution >= 0.6 is 23.2 Å². The summed E-state index contributed by atoms with van der Waals surface area (Å²) >= 11 is 11.2. The smallest absolute Gasteiger partial charge is 0.262 e. The third-order valence-corrected chi connectivity index (χ3v) is 4.47. The Morgan fingerprint density at radius 1 is 1.35 bits per heavy atom. The van der Waals surface area contributed by atoms with Gasteiger partial charge < -0.3 is 4.57 Å². The first kappa shape index (κ1) is 14.8. The van der Waals surface area contributed by atoms with Gasteiger partial charge in [-0.15, -0.1) is 23.2 Å². The summed E-state index contributed by atoms with van der Waals surface area (Å²) in [4.78, 5) is 4.01. The van der Waals surface area contributed by atoms with Gasteiger partial charge in [-0.3, -0.25) is 0 Å². The minimum atomic E-state index is -3.59. The van der Waals surface area contributed by atoms with Gasteiger partial charge in [-0.05, 0) is 6.92 Å². The van der Waals surface area contributed by atoms with Gasteiger partial charge in [0, 0.05) is 38.1 Å². The molecular weight excluding hydrogens is 285 g/mol. The Morgan fingerprint density at radius 3 is 2.24 bits per heavy atom. The first-order chi connectivity index (χ1) is 7.93. The van der Waals surface area contributed by atoms with E-state index in [4.69, 9.17) is 23.2 Å². The molecule has 1 aromatic rings. The van der Waals surface area contributed by atoms with Crippen LogP contribution in [-0.4, -0.2) is 47.1 Å². The average Bonchev–Trinajstić information content (AvgIpc) is 2.59. The normalized spacial score (nSPS) is 12.3. The van der Waals surface area contributed by atoms with E-state index in [0.29, 0.717) is 5.82 Å². The number of sulfonamides is 1. The second kappa shape index (κ2) is 6.04. The lowest BCUT2D eigenvalue weighted by atomic mass is 10.6. The van der Waals surface area contributed by atoms with Crippen molar-refractivity contribution in [2.75, 3.05) is 24.8 Å². The van der Waals surface area contributed by atoms with Gasteiger partial charge in [0.05, 0.1) is 0 Å². The highest BCUT2D eigenvalue weighted by Gasteiger charge is 2.26. The number of aromatic nitrogens is 2. The van der Waals surface area contributed by atoms with Crippen molar-refractivity contribution in [3.05, 3.63) is 12.0 Å². The van der Waals surface area contributed by atoms with E-state index in [1.54, 1.807) is 18.5 Å². The van der Waals surface area contributed by atoms with E-state index in [0.717, 1.165) is 0 Å². The van der Waals surface area contributed by atoms with E-state index in [2.05, 4.69) is 4.98 Å². The lowest BCUT2D eigenvalue weighted by Gasteiger charge is -2.18. The Hall–Kier alpha value is -0.300. The van der Waals surface area contributed by atoms with Gasteiger partial charge in [0.15, 0.2) is 5.03 Å². The summed E-state index contributed by atoms with van der Waals surface area (Å²) in [6.07, 6.45) is 1.49. The zero-order valence-electron chi connectivity index (χ0n) is 9.73. The van der Waals surface area contributed by atoms with Crippen LogP contribution in [0.2, 0.25) is 0 Å². The molecule has 0 fully saturated rings. The predicted octanol–water partition coefficient (Wildman–Crippen LogP) is 1.20. The standard InChI is InChI=1S/C9H15Cl2N3O2S/c1-8-12-9(7-13(8)2)17(15,16)14(5-3-10)6-4-11/h7H,3-6H2,1-2H3. The highest BCUT2D eigenvalue weighted by atomic mass is 35.5. The number of alkyl halides is 2. The molecule has 0 aromatic carbocycles. The summed E-state index contributed by atoms with van der Waals surface area (Å²) in [6, 6.07) is 0. The van der Waals surface area contributed by atoms with Crippen LogP contribution in [0.5, 0.6) is 0 Å². The lowest BCUT2D eigenvalue weighted by Crippen LogP contribution is -2.34. The molecule has 0 aliphatic heterocycles. The third kappa shape index (κ3) is 3.34. The largest absolute Gasteiger partial charge is 0.337 e. The van der Waals surface area contributed by atoms with Gasteiger partial charge in [0.2, 0.25) is 0 Å². The van der Waals surface area contributed by atoms with Gasteiger partial charge in [0.1, 0.15) is 5.82 Å². The summed E-state index contributed by atoms with van der Waals surface area (Å²) in [5, 5.41) is 0.0349. The number of hydrogen-bond acceptors (Lipinski definition) is 3. The van der Waals surface area contributed by atoms with Gasteiger partial charge in [-0.25, -0.2) is 13.4 Å². The molecular formula is C9H15Cl2N3O2S. The minimum absolute atomic E-state index is 0.0349. The van der Waals surface area contributed by atoms with E-state index in [1.165, 1.54) is 10.5 Å². The molecule has 5 nitrogen and oxygen atoms in total. The quantitative estimate of drug-likeness (QED) is 0.742. The van der Waals surface area contributed by atoms with E-state index in [1.807, 2.05) is 0 Å². The topological polar surface area (TPSA) is 55.2 Å². The molecule has 0 aliphatic rings. The minimum Gasteiger partial charge on any atom is -0.337 e. The molecule has 1 rings (SSSR count). The first-order valence-corrected chi connectivity index (χ1v) is 7.56. The molecule has 0 amide bonds. The van der Waals surface area contributed by atoms with Crippen molar-refractivity contribution in [2.45, 2.75) is 11.9 Å². The highest BCUT2D eigenvalue weighted by molar-refractivity contribution is 7.89. The van der Waals surface area contributed by atoms with Crippen LogP contribution in [0.25, 0.3) is 0 Å². The van der Waals surface area contributed by atoms with Crippen molar-refractivity contribution in [1.82, 2.24) is 13.9 Å². The number of aryl methyl sites for hydroxylation is 2. The fourth-order valence-electron chi connectivity index (χ4n) is 1.32. The molecule has 8 heteroatoms. The van der Waals surface area contributed by atoms with Crippen LogP contribution in [0.4, 0.5) is 0 Å². The van der Waals surface area contributed by atoms with Gasteiger partial charge in [-0.1, -0.05) is 0 Å². The number of halogens is 2. The van der Waals surface area contributed by atoms with E-state index < -0.39 is 10.0 Å². The molecule has 0 radical (unpaired) electrons. The Kier molecular flexibility index (Phi) is 5.24. The Morgan fingerprint density at radius 2 is 1.88 bits per heavy atom. The third-order valence-electron chi connectivity index (χ3n) is 2.36. The fourth-order valence-corrected chi connectivity index (χ4v) is 3.40. The zero-order chi connectivity index (χ0) is 13.1. The zero-order valence-corrected chi connectivity index (χ0v) is 12.1. The monoisotopic (exact) mass is 299 g/mol. The molecule has 0 N–H and O–H groups in total. The van der Waals surface area contributed by atoms with Crippen LogP contribution in [0.3, 0.4) is 0 Å².